The van der Waals surface area contributed by atoms with Crippen molar-refractivity contribution in [3.63, 3.8) is 0 Å². The normalized spacial score (nSPS) is 13.7. The van der Waals surface area contributed by atoms with E-state index in [9.17, 15) is 9.59 Å². The minimum Gasteiger partial charge on any atom is -0.497 e. The van der Waals surface area contributed by atoms with Crippen LogP contribution in [0.5, 0.6) is 11.5 Å². The van der Waals surface area contributed by atoms with Crippen LogP contribution in [0, 0.1) is 0 Å². The van der Waals surface area contributed by atoms with Crippen molar-refractivity contribution in [2.45, 2.75) is 19.4 Å². The number of rotatable bonds is 6. The van der Waals surface area contributed by atoms with Gasteiger partial charge in [0.2, 0.25) is 5.91 Å². The third kappa shape index (κ3) is 3.75. The summed E-state index contributed by atoms with van der Waals surface area (Å²) in [6.07, 6.45) is 1.25. The number of amides is 2. The second-order valence-electron chi connectivity index (χ2n) is 7.05. The quantitative estimate of drug-likeness (QED) is 0.568. The molecule has 1 fully saturated rings. The molecule has 2 heterocycles. The number of hydrogen-bond acceptors (Lipinski definition) is 4. The average Bonchev–Trinajstić information content (AvgIpc) is 3.34. The number of nitrogens with zero attached hydrogens (tertiary/aromatic N) is 1. The highest BCUT2D eigenvalue weighted by Gasteiger charge is 2.29. The summed E-state index contributed by atoms with van der Waals surface area (Å²) < 4.78 is 11.6. The van der Waals surface area contributed by atoms with E-state index in [1.165, 1.54) is 0 Å². The average molecular weight is 472 g/mol. The number of ether oxygens (including phenoxy) is 2. The van der Waals surface area contributed by atoms with E-state index in [1.807, 2.05) is 36.4 Å². The molecule has 0 unspecified atom stereocenters. The first-order valence-corrected chi connectivity index (χ1v) is 10.4. The minimum atomic E-state index is -0.290. The highest BCUT2D eigenvalue weighted by Crippen LogP contribution is 2.36. The molecule has 156 valence electrons. The molecule has 7 nitrogen and oxygen atoms in total. The summed E-state index contributed by atoms with van der Waals surface area (Å²) in [4.78, 5) is 30.5. The first-order valence-electron chi connectivity index (χ1n) is 9.62. The van der Waals surface area contributed by atoms with Gasteiger partial charge in [-0.2, -0.15) is 0 Å². The summed E-state index contributed by atoms with van der Waals surface area (Å²) in [5.41, 5.74) is 2.58. The lowest BCUT2D eigenvalue weighted by Crippen LogP contribution is -2.29. The van der Waals surface area contributed by atoms with Crippen molar-refractivity contribution < 1.29 is 19.1 Å². The summed E-state index contributed by atoms with van der Waals surface area (Å²) >= 11 is 3.45. The van der Waals surface area contributed by atoms with Crippen molar-refractivity contribution in [3.8, 4) is 11.5 Å². The molecule has 1 saturated heterocycles. The molecule has 3 aromatic rings. The molecular weight excluding hydrogens is 450 g/mol. The van der Waals surface area contributed by atoms with Crippen molar-refractivity contribution in [3.05, 3.63) is 52.1 Å². The van der Waals surface area contributed by atoms with E-state index in [-0.39, 0.29) is 18.4 Å². The van der Waals surface area contributed by atoms with Crippen LogP contribution in [0.2, 0.25) is 0 Å². The first-order chi connectivity index (χ1) is 14.5. The van der Waals surface area contributed by atoms with Gasteiger partial charge in [-0.1, -0.05) is 15.9 Å². The lowest BCUT2D eigenvalue weighted by Gasteiger charge is -2.17. The molecule has 0 saturated carbocycles. The Labute approximate surface area is 182 Å². The zero-order chi connectivity index (χ0) is 21.3. The fraction of sp³-hybridized carbons (Fsp3) is 0.273. The topological polar surface area (TPSA) is 83.7 Å². The second-order valence-corrected chi connectivity index (χ2v) is 7.96. The van der Waals surface area contributed by atoms with Crippen LogP contribution in [0.4, 0.5) is 5.69 Å². The predicted molar refractivity (Wildman–Crippen MR) is 118 cm³/mol. The molecule has 1 aromatic heterocycles. The molecule has 8 heteroatoms. The Bertz CT molecular complexity index is 1130. The molecule has 0 radical (unpaired) electrons. The number of benzene rings is 2. The third-order valence-corrected chi connectivity index (χ3v) is 5.72. The van der Waals surface area contributed by atoms with Gasteiger partial charge in [0.15, 0.2) is 0 Å². The molecular formula is C22H22BrN3O4. The van der Waals surface area contributed by atoms with Crippen molar-refractivity contribution in [2.24, 2.45) is 0 Å². The van der Waals surface area contributed by atoms with Gasteiger partial charge in [0.05, 0.1) is 19.9 Å². The third-order valence-electron chi connectivity index (χ3n) is 5.23. The van der Waals surface area contributed by atoms with Crippen LogP contribution in [0.1, 0.15) is 28.9 Å². The van der Waals surface area contributed by atoms with Crippen LogP contribution in [-0.4, -0.2) is 37.6 Å². The summed E-state index contributed by atoms with van der Waals surface area (Å²) in [5.74, 6) is 1.08. The Balaban J connectivity index is 1.70. The number of halogens is 1. The summed E-state index contributed by atoms with van der Waals surface area (Å²) in [7, 11) is 3.18. The number of aromatic amines is 1. The van der Waals surface area contributed by atoms with Crippen molar-refractivity contribution in [1.82, 2.24) is 10.3 Å². The SMILES string of the molecule is COc1ccc2[nH]c(C(=O)NCc3cc(Br)ccc3OC)c(N3CCCC3=O)c2c1. The van der Waals surface area contributed by atoms with Gasteiger partial charge in [-0.15, -0.1) is 0 Å². The number of anilines is 1. The summed E-state index contributed by atoms with van der Waals surface area (Å²) in [6, 6.07) is 11.2. The highest BCUT2D eigenvalue weighted by molar-refractivity contribution is 9.10. The Kier molecular flexibility index (Phi) is 5.67. The predicted octanol–water partition coefficient (Wildman–Crippen LogP) is 4.00. The molecule has 2 aromatic carbocycles. The molecule has 0 aliphatic carbocycles. The number of methoxy groups -OCH3 is 2. The maximum Gasteiger partial charge on any atom is 0.270 e. The summed E-state index contributed by atoms with van der Waals surface area (Å²) in [5, 5.41) is 3.73. The van der Waals surface area contributed by atoms with Crippen LogP contribution < -0.4 is 19.7 Å². The monoisotopic (exact) mass is 471 g/mol. The van der Waals surface area contributed by atoms with Gasteiger partial charge in [-0.25, -0.2) is 0 Å². The van der Waals surface area contributed by atoms with Crippen molar-refractivity contribution >= 4 is 44.3 Å². The van der Waals surface area contributed by atoms with Crippen LogP contribution in [0.3, 0.4) is 0 Å². The minimum absolute atomic E-state index is 0.0152. The van der Waals surface area contributed by atoms with Gasteiger partial charge >= 0.3 is 0 Å². The molecule has 0 spiro atoms. The van der Waals surface area contributed by atoms with E-state index >= 15 is 0 Å². The zero-order valence-electron chi connectivity index (χ0n) is 16.8. The van der Waals surface area contributed by atoms with Gasteiger partial charge in [0.1, 0.15) is 17.2 Å². The largest absolute Gasteiger partial charge is 0.497 e. The maximum absolute atomic E-state index is 13.1. The van der Waals surface area contributed by atoms with Crippen LogP contribution in [0.25, 0.3) is 10.9 Å². The van der Waals surface area contributed by atoms with E-state index in [2.05, 4.69) is 26.2 Å². The standard InChI is InChI=1S/C22H22BrN3O4/c1-29-15-6-7-17-16(11-15)21(26-9-3-4-19(26)27)20(25-17)22(28)24-12-13-10-14(23)5-8-18(13)30-2/h5-8,10-11,25H,3-4,9,12H2,1-2H3,(H,24,28). The molecule has 1 aliphatic heterocycles. The number of hydrogen-bond donors (Lipinski definition) is 2. The fourth-order valence-corrected chi connectivity index (χ4v) is 4.17. The van der Waals surface area contributed by atoms with Gasteiger partial charge in [-0.05, 0) is 42.8 Å². The molecule has 30 heavy (non-hydrogen) atoms. The Hall–Kier alpha value is -3.00. The Morgan fingerprint density at radius 1 is 1.20 bits per heavy atom. The lowest BCUT2D eigenvalue weighted by atomic mass is 10.1. The van der Waals surface area contributed by atoms with Crippen LogP contribution >= 0.6 is 15.9 Å². The van der Waals surface area contributed by atoms with Crippen LogP contribution in [0.15, 0.2) is 40.9 Å². The Morgan fingerprint density at radius 3 is 2.73 bits per heavy atom. The smallest absolute Gasteiger partial charge is 0.270 e. The van der Waals surface area contributed by atoms with E-state index < -0.39 is 0 Å². The fourth-order valence-electron chi connectivity index (χ4n) is 3.76. The number of carbonyl (C=O) groups excluding carboxylic acids is 2. The van der Waals surface area contributed by atoms with Gasteiger partial charge < -0.3 is 24.7 Å². The van der Waals surface area contributed by atoms with Crippen molar-refractivity contribution in [1.29, 1.82) is 0 Å². The number of nitrogens with one attached hydrogen (secondary N) is 2. The Morgan fingerprint density at radius 2 is 2.03 bits per heavy atom. The van der Waals surface area contributed by atoms with Gasteiger partial charge in [0, 0.05) is 40.4 Å². The van der Waals surface area contributed by atoms with E-state index in [4.69, 9.17) is 9.47 Å². The van der Waals surface area contributed by atoms with Crippen molar-refractivity contribution in [2.75, 3.05) is 25.7 Å². The van der Waals surface area contributed by atoms with Gasteiger partial charge in [0.25, 0.3) is 5.91 Å². The molecule has 4 rings (SSSR count). The second kappa shape index (κ2) is 8.39. The molecule has 2 amide bonds. The number of aromatic nitrogens is 1. The van der Waals surface area contributed by atoms with Gasteiger partial charge in [-0.3, -0.25) is 9.59 Å². The highest BCUT2D eigenvalue weighted by atomic mass is 79.9. The summed E-state index contributed by atoms with van der Waals surface area (Å²) in [6.45, 7) is 0.871. The maximum atomic E-state index is 13.1. The number of carbonyl (C=O) groups is 2. The number of fused-ring (bicyclic) bond motifs is 1. The first kappa shape index (κ1) is 20.3. The molecule has 2 N–H and O–H groups in total. The lowest BCUT2D eigenvalue weighted by molar-refractivity contribution is -0.117. The van der Waals surface area contributed by atoms with Crippen LogP contribution in [-0.2, 0) is 11.3 Å². The zero-order valence-corrected chi connectivity index (χ0v) is 18.3. The molecule has 0 atom stereocenters. The van der Waals surface area contributed by atoms with E-state index in [0.29, 0.717) is 35.8 Å². The molecule has 0 bridgehead atoms. The molecule has 1 aliphatic rings. The number of H-pyrrole nitrogens is 1. The van der Waals surface area contributed by atoms with E-state index in [1.54, 1.807) is 19.1 Å². The van der Waals surface area contributed by atoms with E-state index in [0.717, 1.165) is 27.4 Å².